The van der Waals surface area contributed by atoms with Gasteiger partial charge in [-0.2, -0.15) is 10.1 Å². The number of aromatic amines is 1. The Morgan fingerprint density at radius 2 is 2.21 bits per heavy atom. The van der Waals surface area contributed by atoms with Crippen molar-refractivity contribution in [1.29, 1.82) is 0 Å². The Balaban J connectivity index is 1.91. The van der Waals surface area contributed by atoms with Gasteiger partial charge in [-0.25, -0.2) is 0 Å². The van der Waals surface area contributed by atoms with Crippen LogP contribution in [0.5, 0.6) is 5.88 Å². The van der Waals surface area contributed by atoms with Gasteiger partial charge in [0.05, 0.1) is 7.11 Å². The van der Waals surface area contributed by atoms with Gasteiger partial charge >= 0.3 is 0 Å². The summed E-state index contributed by atoms with van der Waals surface area (Å²) < 4.78 is 10.0. The molecule has 3 aromatic heterocycles. The molecule has 3 rings (SSSR count). The van der Waals surface area contributed by atoms with Crippen LogP contribution < -0.4 is 10.5 Å². The molecule has 0 amide bonds. The summed E-state index contributed by atoms with van der Waals surface area (Å²) in [6.07, 6.45) is 0. The van der Waals surface area contributed by atoms with Crippen LogP contribution in [0.3, 0.4) is 0 Å². The van der Waals surface area contributed by atoms with Crippen LogP contribution >= 0.6 is 0 Å². The van der Waals surface area contributed by atoms with E-state index in [4.69, 9.17) is 15.0 Å². The molecular formula is C10H9N7O2. The lowest BCUT2D eigenvalue weighted by Crippen LogP contribution is -1.93. The molecule has 96 valence electrons. The second kappa shape index (κ2) is 4.37. The molecule has 0 fully saturated rings. The number of ether oxygens (including phenoxy) is 1. The zero-order chi connectivity index (χ0) is 13.2. The van der Waals surface area contributed by atoms with Crippen molar-refractivity contribution in [2.45, 2.75) is 0 Å². The van der Waals surface area contributed by atoms with Crippen molar-refractivity contribution < 1.29 is 9.26 Å². The molecule has 9 nitrogen and oxygen atoms in total. The average Bonchev–Trinajstić information content (AvgIpc) is 3.07. The molecule has 9 heteroatoms. The van der Waals surface area contributed by atoms with E-state index in [9.17, 15) is 0 Å². The van der Waals surface area contributed by atoms with Gasteiger partial charge in [0.15, 0.2) is 0 Å². The van der Waals surface area contributed by atoms with E-state index < -0.39 is 0 Å². The van der Waals surface area contributed by atoms with E-state index in [0.29, 0.717) is 28.9 Å². The molecular weight excluding hydrogens is 250 g/mol. The molecule has 19 heavy (non-hydrogen) atoms. The third-order valence-corrected chi connectivity index (χ3v) is 2.33. The summed E-state index contributed by atoms with van der Waals surface area (Å²) in [5.41, 5.74) is 6.51. The fourth-order valence-corrected chi connectivity index (χ4v) is 1.43. The molecule has 0 aliphatic rings. The van der Waals surface area contributed by atoms with E-state index in [1.807, 2.05) is 0 Å². The summed E-state index contributed by atoms with van der Waals surface area (Å²) >= 11 is 0. The second-order valence-corrected chi connectivity index (χ2v) is 3.59. The van der Waals surface area contributed by atoms with Crippen LogP contribution in [0.25, 0.3) is 23.1 Å². The number of nitrogens with one attached hydrogen (secondary N) is 1. The summed E-state index contributed by atoms with van der Waals surface area (Å²) in [5.74, 6) is 1.35. The van der Waals surface area contributed by atoms with Crippen molar-refractivity contribution in [1.82, 2.24) is 30.5 Å². The highest BCUT2D eigenvalue weighted by molar-refractivity contribution is 5.56. The van der Waals surface area contributed by atoms with Crippen LogP contribution in [0.2, 0.25) is 0 Å². The summed E-state index contributed by atoms with van der Waals surface area (Å²) in [7, 11) is 1.51. The summed E-state index contributed by atoms with van der Waals surface area (Å²) in [4.78, 5) is 4.17. The normalized spacial score (nSPS) is 10.6. The summed E-state index contributed by atoms with van der Waals surface area (Å²) in [6, 6.07) is 4.94. The smallest absolute Gasteiger partial charge is 0.276 e. The number of hydrogen-bond donors (Lipinski definition) is 2. The minimum Gasteiger partial charge on any atom is -0.480 e. The van der Waals surface area contributed by atoms with Crippen LogP contribution in [0.1, 0.15) is 0 Å². The van der Waals surface area contributed by atoms with Crippen LogP contribution in [-0.4, -0.2) is 37.6 Å². The molecule has 0 bridgehead atoms. The molecule has 0 radical (unpaired) electrons. The lowest BCUT2D eigenvalue weighted by molar-refractivity contribution is 0.392. The first-order valence-electron chi connectivity index (χ1n) is 5.29. The van der Waals surface area contributed by atoms with E-state index in [0.717, 1.165) is 0 Å². The number of nitrogen functional groups attached to an aromatic ring is 1. The Hall–Kier alpha value is -2.97. The summed E-state index contributed by atoms with van der Waals surface area (Å²) in [5, 5.41) is 18.0. The van der Waals surface area contributed by atoms with Crippen molar-refractivity contribution in [2.24, 2.45) is 0 Å². The molecule has 0 aliphatic heterocycles. The highest BCUT2D eigenvalue weighted by Gasteiger charge is 2.13. The van der Waals surface area contributed by atoms with Crippen molar-refractivity contribution in [3.63, 3.8) is 0 Å². The van der Waals surface area contributed by atoms with Crippen LogP contribution in [0, 0.1) is 0 Å². The van der Waals surface area contributed by atoms with Gasteiger partial charge in [-0.1, -0.05) is 5.16 Å². The van der Waals surface area contributed by atoms with Crippen LogP contribution in [0.15, 0.2) is 22.7 Å². The van der Waals surface area contributed by atoms with Gasteiger partial charge in [-0.05, 0) is 6.07 Å². The van der Waals surface area contributed by atoms with Gasteiger partial charge in [0.25, 0.3) is 5.89 Å². The SMILES string of the molecule is COc1ccc(-c2noc(-c3cc(N)n[nH]3)n2)nn1. The minimum atomic E-state index is 0.275. The van der Waals surface area contributed by atoms with E-state index >= 15 is 0 Å². The second-order valence-electron chi connectivity index (χ2n) is 3.59. The molecule has 0 unspecified atom stereocenters. The number of rotatable bonds is 3. The third kappa shape index (κ3) is 2.08. The average molecular weight is 259 g/mol. The lowest BCUT2D eigenvalue weighted by Gasteiger charge is -1.96. The van der Waals surface area contributed by atoms with Crippen molar-refractivity contribution in [3.8, 4) is 29.0 Å². The maximum Gasteiger partial charge on any atom is 0.276 e. The molecule has 3 N–H and O–H groups in total. The predicted molar refractivity (Wildman–Crippen MR) is 63.9 cm³/mol. The molecule has 0 saturated carbocycles. The first-order chi connectivity index (χ1) is 9.26. The van der Waals surface area contributed by atoms with Crippen molar-refractivity contribution >= 4 is 5.82 Å². The van der Waals surface area contributed by atoms with Crippen LogP contribution in [0.4, 0.5) is 5.82 Å². The summed E-state index contributed by atoms with van der Waals surface area (Å²) in [6.45, 7) is 0. The van der Waals surface area contributed by atoms with Gasteiger partial charge in [0, 0.05) is 12.1 Å². The topological polar surface area (TPSA) is 129 Å². The van der Waals surface area contributed by atoms with Crippen molar-refractivity contribution in [2.75, 3.05) is 12.8 Å². The maximum absolute atomic E-state index is 5.50. The first-order valence-corrected chi connectivity index (χ1v) is 5.29. The number of nitrogens with two attached hydrogens (primary N) is 1. The van der Waals surface area contributed by atoms with Crippen LogP contribution in [-0.2, 0) is 0 Å². The Labute approximate surface area is 106 Å². The fraction of sp³-hybridized carbons (Fsp3) is 0.100. The highest BCUT2D eigenvalue weighted by Crippen LogP contribution is 2.20. The zero-order valence-corrected chi connectivity index (χ0v) is 9.86. The highest BCUT2D eigenvalue weighted by atomic mass is 16.5. The number of aromatic nitrogens is 6. The molecule has 0 aliphatic carbocycles. The van der Waals surface area contributed by atoms with Crippen molar-refractivity contribution in [3.05, 3.63) is 18.2 Å². The first kappa shape index (κ1) is 11.1. The van der Waals surface area contributed by atoms with E-state index in [-0.39, 0.29) is 5.89 Å². The molecule has 0 saturated heterocycles. The minimum absolute atomic E-state index is 0.275. The van der Waals surface area contributed by atoms with E-state index in [1.54, 1.807) is 18.2 Å². The van der Waals surface area contributed by atoms with Gasteiger partial charge in [0.1, 0.15) is 17.2 Å². The molecule has 0 spiro atoms. The Morgan fingerprint density at radius 3 is 2.84 bits per heavy atom. The zero-order valence-electron chi connectivity index (χ0n) is 9.86. The number of anilines is 1. The van der Waals surface area contributed by atoms with Gasteiger partial charge in [0.2, 0.25) is 11.7 Å². The molecule has 0 aromatic carbocycles. The van der Waals surface area contributed by atoms with Gasteiger partial charge < -0.3 is 15.0 Å². The predicted octanol–water partition coefficient (Wildman–Crippen LogP) is 0.507. The molecule has 3 aromatic rings. The Morgan fingerprint density at radius 1 is 1.32 bits per heavy atom. The van der Waals surface area contributed by atoms with E-state index in [2.05, 4.69) is 30.5 Å². The monoisotopic (exact) mass is 259 g/mol. The van der Waals surface area contributed by atoms with Gasteiger partial charge in [-0.15, -0.1) is 10.2 Å². The maximum atomic E-state index is 5.50. The van der Waals surface area contributed by atoms with E-state index in [1.165, 1.54) is 7.11 Å². The number of hydrogen-bond acceptors (Lipinski definition) is 8. The number of H-pyrrole nitrogens is 1. The van der Waals surface area contributed by atoms with Gasteiger partial charge in [-0.3, -0.25) is 5.10 Å². The third-order valence-electron chi connectivity index (χ3n) is 2.33. The molecule has 0 atom stereocenters. The number of nitrogens with zero attached hydrogens (tertiary/aromatic N) is 5. The Kier molecular flexibility index (Phi) is 2.56. The fourth-order valence-electron chi connectivity index (χ4n) is 1.43. The standard InChI is InChI=1S/C10H9N7O2/c1-18-8-3-2-5(13-16-8)9-12-10(19-17-9)6-4-7(11)15-14-6/h2-4H,1H3,(H3,11,14,15). The number of methoxy groups -OCH3 is 1. The quantitative estimate of drug-likeness (QED) is 0.695. The largest absolute Gasteiger partial charge is 0.480 e. The lowest BCUT2D eigenvalue weighted by atomic mass is 10.3. The Bertz CT molecular complexity index is 688. The molecule has 3 heterocycles.